The summed E-state index contributed by atoms with van der Waals surface area (Å²) >= 11 is 4.70. The molecule has 8 heteroatoms. The van der Waals surface area contributed by atoms with Crippen LogP contribution in [0.5, 0.6) is 0 Å². The molecule has 0 amide bonds. The predicted molar refractivity (Wildman–Crippen MR) is 99.2 cm³/mol. The van der Waals surface area contributed by atoms with E-state index in [0.29, 0.717) is 4.47 Å². The van der Waals surface area contributed by atoms with Crippen LogP contribution in [-0.2, 0) is 0 Å². The average Bonchev–Trinajstić information content (AvgIpc) is 3.02. The summed E-state index contributed by atoms with van der Waals surface area (Å²) in [6.07, 6.45) is 0. The third-order valence-corrected chi connectivity index (χ3v) is 5.22. The highest BCUT2D eigenvalue weighted by Crippen LogP contribution is 2.36. The lowest BCUT2D eigenvalue weighted by Gasteiger charge is -2.35. The number of nitrogens with one attached hydrogen (secondary N) is 1. The summed E-state index contributed by atoms with van der Waals surface area (Å²) in [6, 6.07) is 6.23. The molecule has 1 aliphatic heterocycles. The molecule has 0 aliphatic carbocycles. The van der Waals surface area contributed by atoms with E-state index in [1.165, 1.54) is 23.5 Å². The van der Waals surface area contributed by atoms with Crippen molar-refractivity contribution in [2.75, 3.05) is 26.2 Å². The van der Waals surface area contributed by atoms with E-state index in [4.69, 9.17) is 0 Å². The fourth-order valence-corrected chi connectivity index (χ4v) is 3.90. The number of hydrogen-bond donors (Lipinski definition) is 1. The summed E-state index contributed by atoms with van der Waals surface area (Å²) in [5, 5.41) is 5.21. The van der Waals surface area contributed by atoms with Gasteiger partial charge in [-0.05, 0) is 39.5 Å². The van der Waals surface area contributed by atoms with Crippen LogP contribution in [0.1, 0.15) is 16.5 Å². The summed E-state index contributed by atoms with van der Waals surface area (Å²) < 4.78 is 29.2. The van der Waals surface area contributed by atoms with Crippen molar-refractivity contribution in [3.05, 3.63) is 56.2 Å². The molecular formula is C15H17BrCl2F2N2S. The van der Waals surface area contributed by atoms with Crippen molar-refractivity contribution in [3.8, 4) is 0 Å². The van der Waals surface area contributed by atoms with Gasteiger partial charge in [-0.25, -0.2) is 8.78 Å². The number of halogens is 5. The maximum absolute atomic E-state index is 14.5. The molecule has 0 bridgehead atoms. The fraction of sp³-hybridized carbons (Fsp3) is 0.333. The zero-order chi connectivity index (χ0) is 14.8. The Morgan fingerprint density at radius 2 is 1.83 bits per heavy atom. The van der Waals surface area contributed by atoms with Crippen LogP contribution in [0.15, 0.2) is 34.1 Å². The minimum atomic E-state index is -0.507. The van der Waals surface area contributed by atoms with Crippen LogP contribution in [0, 0.1) is 11.6 Å². The predicted octanol–water partition coefficient (Wildman–Crippen LogP) is 4.63. The molecule has 2 heterocycles. The number of thiophene rings is 1. The van der Waals surface area contributed by atoms with Crippen molar-refractivity contribution >= 4 is 52.1 Å². The lowest BCUT2D eigenvalue weighted by molar-refractivity contribution is 0.194. The molecule has 2 aromatic rings. The molecule has 23 heavy (non-hydrogen) atoms. The largest absolute Gasteiger partial charge is 0.314 e. The van der Waals surface area contributed by atoms with Crippen molar-refractivity contribution in [3.63, 3.8) is 0 Å². The second-order valence-electron chi connectivity index (χ2n) is 4.96. The highest BCUT2D eigenvalue weighted by Gasteiger charge is 2.30. The summed E-state index contributed by atoms with van der Waals surface area (Å²) in [5.74, 6) is -1.00. The first-order valence-corrected chi connectivity index (χ1v) is 8.47. The van der Waals surface area contributed by atoms with Gasteiger partial charge in [-0.1, -0.05) is 6.07 Å². The molecule has 0 saturated carbocycles. The van der Waals surface area contributed by atoms with Gasteiger partial charge in [0.25, 0.3) is 0 Å². The van der Waals surface area contributed by atoms with Crippen LogP contribution >= 0.6 is 52.1 Å². The van der Waals surface area contributed by atoms with Gasteiger partial charge in [0.1, 0.15) is 11.6 Å². The second kappa shape index (κ2) is 9.30. The first kappa shape index (κ1) is 20.8. The molecule has 0 radical (unpaired) electrons. The molecule has 0 spiro atoms. The highest BCUT2D eigenvalue weighted by atomic mass is 79.9. The molecule has 1 N–H and O–H groups in total. The Balaban J connectivity index is 0.00000132. The summed E-state index contributed by atoms with van der Waals surface area (Å²) in [5.41, 5.74) is 0.133. The molecule has 1 aromatic heterocycles. The van der Waals surface area contributed by atoms with E-state index < -0.39 is 11.6 Å². The van der Waals surface area contributed by atoms with E-state index in [2.05, 4.69) is 26.1 Å². The molecule has 0 unspecified atom stereocenters. The Labute approximate surface area is 159 Å². The number of hydrogen-bond acceptors (Lipinski definition) is 3. The van der Waals surface area contributed by atoms with Crippen LogP contribution in [0.4, 0.5) is 8.78 Å². The molecule has 1 saturated heterocycles. The lowest BCUT2D eigenvalue weighted by atomic mass is 10.0. The van der Waals surface area contributed by atoms with Gasteiger partial charge in [-0.2, -0.15) is 0 Å². The minimum absolute atomic E-state index is 0. The normalized spacial score (nSPS) is 16.3. The third kappa shape index (κ3) is 4.44. The zero-order valence-electron chi connectivity index (χ0n) is 12.1. The summed E-state index contributed by atoms with van der Waals surface area (Å²) in [4.78, 5) is 3.10. The Bertz CT molecular complexity index is 622. The highest BCUT2D eigenvalue weighted by molar-refractivity contribution is 9.10. The summed E-state index contributed by atoms with van der Waals surface area (Å²) in [6.45, 7) is 3.21. The first-order chi connectivity index (χ1) is 10.2. The quantitative estimate of drug-likeness (QED) is 0.693. The molecule has 2 nitrogen and oxygen atoms in total. The monoisotopic (exact) mass is 444 g/mol. The van der Waals surface area contributed by atoms with Gasteiger partial charge in [0, 0.05) is 36.6 Å². The van der Waals surface area contributed by atoms with Crippen LogP contribution in [-0.4, -0.2) is 31.1 Å². The van der Waals surface area contributed by atoms with E-state index in [9.17, 15) is 8.78 Å². The number of piperazine rings is 1. The van der Waals surface area contributed by atoms with Crippen molar-refractivity contribution in [1.29, 1.82) is 0 Å². The lowest BCUT2D eigenvalue weighted by Crippen LogP contribution is -2.45. The minimum Gasteiger partial charge on any atom is -0.314 e. The standard InChI is InChI=1S/C15H15BrF2N2S.2ClH/c16-10-3-4-11(17)13(14(10)18)15(12-2-1-9-21-12)20-7-5-19-6-8-20;;/h1-4,9,15,19H,5-8H2;2*1H/t15-;;/m1../s1. The number of nitrogens with zero attached hydrogens (tertiary/aromatic N) is 1. The second-order valence-corrected chi connectivity index (χ2v) is 6.79. The smallest absolute Gasteiger partial charge is 0.145 e. The SMILES string of the molecule is Cl.Cl.Fc1ccc(Br)c(F)c1[C@@H](c1cccs1)N1CCNCC1. The molecular weight excluding hydrogens is 429 g/mol. The Morgan fingerprint density at radius 3 is 2.43 bits per heavy atom. The van der Waals surface area contributed by atoms with E-state index in [-0.39, 0.29) is 36.4 Å². The van der Waals surface area contributed by atoms with Crippen molar-refractivity contribution in [1.82, 2.24) is 10.2 Å². The van der Waals surface area contributed by atoms with Crippen molar-refractivity contribution < 1.29 is 8.78 Å². The fourth-order valence-electron chi connectivity index (χ4n) is 2.69. The van der Waals surface area contributed by atoms with Crippen molar-refractivity contribution in [2.45, 2.75) is 6.04 Å². The van der Waals surface area contributed by atoms with Crippen LogP contribution < -0.4 is 5.32 Å². The van der Waals surface area contributed by atoms with Gasteiger partial charge in [0.2, 0.25) is 0 Å². The maximum Gasteiger partial charge on any atom is 0.145 e. The topological polar surface area (TPSA) is 15.3 Å². The molecule has 3 rings (SSSR count). The third-order valence-electron chi connectivity index (χ3n) is 3.68. The van der Waals surface area contributed by atoms with Gasteiger partial charge in [-0.3, -0.25) is 4.90 Å². The van der Waals surface area contributed by atoms with Crippen LogP contribution in [0.25, 0.3) is 0 Å². The number of rotatable bonds is 3. The molecule has 1 fully saturated rings. The Kier molecular flexibility index (Phi) is 8.41. The zero-order valence-corrected chi connectivity index (χ0v) is 16.1. The Hall–Kier alpha value is -0.240. The van der Waals surface area contributed by atoms with Crippen LogP contribution in [0.2, 0.25) is 0 Å². The van der Waals surface area contributed by atoms with Gasteiger partial charge in [-0.15, -0.1) is 36.2 Å². The molecule has 128 valence electrons. The van der Waals surface area contributed by atoms with Gasteiger partial charge in [0.05, 0.1) is 10.5 Å². The van der Waals surface area contributed by atoms with Gasteiger partial charge >= 0.3 is 0 Å². The molecule has 1 aliphatic rings. The first-order valence-electron chi connectivity index (χ1n) is 6.80. The van der Waals surface area contributed by atoms with E-state index in [0.717, 1.165) is 31.1 Å². The number of benzene rings is 1. The molecule has 1 aromatic carbocycles. The maximum atomic E-state index is 14.5. The summed E-state index contributed by atoms with van der Waals surface area (Å²) in [7, 11) is 0. The Morgan fingerprint density at radius 1 is 1.13 bits per heavy atom. The average molecular weight is 446 g/mol. The van der Waals surface area contributed by atoms with E-state index >= 15 is 0 Å². The molecule has 1 atom stereocenters. The van der Waals surface area contributed by atoms with Crippen molar-refractivity contribution in [2.24, 2.45) is 0 Å². The van der Waals surface area contributed by atoms with Gasteiger partial charge in [0.15, 0.2) is 0 Å². The van der Waals surface area contributed by atoms with Gasteiger partial charge < -0.3 is 5.32 Å². The van der Waals surface area contributed by atoms with E-state index in [1.807, 2.05) is 17.5 Å². The van der Waals surface area contributed by atoms with Crippen LogP contribution in [0.3, 0.4) is 0 Å². The van der Waals surface area contributed by atoms with E-state index in [1.54, 1.807) is 0 Å².